The highest BCUT2D eigenvalue weighted by atomic mass is 16.5. The molecule has 2 fully saturated rings. The maximum Gasteiger partial charge on any atom is 0.227 e. The fraction of sp³-hybridized carbons (Fsp3) is 0.615. The maximum absolute atomic E-state index is 5.57. The molecule has 4 rings (SSSR count). The van der Waals surface area contributed by atoms with Crippen LogP contribution in [-0.2, 0) is 11.8 Å². The Morgan fingerprint density at radius 3 is 3.15 bits per heavy atom. The quantitative estimate of drug-likeness (QED) is 0.723. The van der Waals surface area contributed by atoms with E-state index in [0.717, 1.165) is 56.5 Å². The number of aromatic nitrogens is 4. The summed E-state index contributed by atoms with van der Waals surface area (Å²) in [7, 11) is 1.95. The van der Waals surface area contributed by atoms with Gasteiger partial charge in [0, 0.05) is 33.2 Å². The third kappa shape index (κ3) is 1.94. The first-order valence-corrected chi connectivity index (χ1v) is 7.02. The van der Waals surface area contributed by atoms with Crippen LogP contribution in [0.2, 0.25) is 0 Å². The first kappa shape index (κ1) is 12.0. The van der Waals surface area contributed by atoms with Gasteiger partial charge in [0.15, 0.2) is 5.65 Å². The summed E-state index contributed by atoms with van der Waals surface area (Å²) in [6.07, 6.45) is 3.63. The highest BCUT2D eigenvalue weighted by Gasteiger charge is 2.30. The molecule has 2 saturated heterocycles. The van der Waals surface area contributed by atoms with E-state index >= 15 is 0 Å². The summed E-state index contributed by atoms with van der Waals surface area (Å²) >= 11 is 0. The van der Waals surface area contributed by atoms with Gasteiger partial charge in [-0.1, -0.05) is 0 Å². The molecule has 0 aliphatic carbocycles. The predicted octanol–water partition coefficient (Wildman–Crippen LogP) is -0.116. The lowest BCUT2D eigenvalue weighted by molar-refractivity contribution is -0.0118. The van der Waals surface area contributed by atoms with Crippen LogP contribution >= 0.6 is 0 Å². The second-order valence-electron chi connectivity index (χ2n) is 5.45. The van der Waals surface area contributed by atoms with Crippen LogP contribution in [0, 0.1) is 0 Å². The zero-order valence-corrected chi connectivity index (χ0v) is 11.6. The van der Waals surface area contributed by atoms with Gasteiger partial charge in [0.05, 0.1) is 31.8 Å². The first-order chi connectivity index (χ1) is 9.81. The largest absolute Gasteiger partial charge is 0.378 e. The summed E-state index contributed by atoms with van der Waals surface area (Å²) in [4.78, 5) is 18.1. The van der Waals surface area contributed by atoms with Gasteiger partial charge >= 0.3 is 0 Å². The molecule has 0 radical (unpaired) electrons. The molecule has 4 heterocycles. The minimum Gasteiger partial charge on any atom is -0.378 e. The number of hydrogen-bond acceptors (Lipinski definition) is 6. The summed E-state index contributed by atoms with van der Waals surface area (Å²) in [6, 6.07) is 0.459. The van der Waals surface area contributed by atoms with Crippen molar-refractivity contribution in [2.45, 2.75) is 6.04 Å². The minimum absolute atomic E-state index is 0.459. The van der Waals surface area contributed by atoms with Crippen LogP contribution in [0.1, 0.15) is 0 Å². The SMILES string of the molecule is Cn1cnc2nc(N3CCN4CCOCC4C3)ncc21. The van der Waals surface area contributed by atoms with E-state index in [4.69, 9.17) is 4.74 Å². The topological polar surface area (TPSA) is 59.3 Å². The molecule has 1 unspecified atom stereocenters. The Morgan fingerprint density at radius 1 is 1.25 bits per heavy atom. The molecule has 106 valence electrons. The lowest BCUT2D eigenvalue weighted by Gasteiger charge is -2.43. The van der Waals surface area contributed by atoms with Crippen molar-refractivity contribution in [3.63, 3.8) is 0 Å². The number of piperazine rings is 1. The van der Waals surface area contributed by atoms with Crippen LogP contribution in [0.25, 0.3) is 11.2 Å². The van der Waals surface area contributed by atoms with Crippen molar-refractivity contribution in [3.05, 3.63) is 12.5 Å². The molecule has 2 aromatic rings. The molecule has 0 aromatic carbocycles. The van der Waals surface area contributed by atoms with Gasteiger partial charge in [-0.05, 0) is 0 Å². The normalized spacial score (nSPS) is 24.1. The van der Waals surface area contributed by atoms with Gasteiger partial charge in [0.1, 0.15) is 5.52 Å². The standard InChI is InChI=1S/C13H18N6O/c1-17-9-15-12-11(17)6-14-13(16-12)19-3-2-18-4-5-20-8-10(18)7-19/h6,9-10H,2-5,7-8H2,1H3. The van der Waals surface area contributed by atoms with Gasteiger partial charge in [0.25, 0.3) is 0 Å². The van der Waals surface area contributed by atoms with E-state index < -0.39 is 0 Å². The highest BCUT2D eigenvalue weighted by Crippen LogP contribution is 2.19. The number of anilines is 1. The molecular formula is C13H18N6O. The van der Waals surface area contributed by atoms with Crippen LogP contribution in [0.3, 0.4) is 0 Å². The average Bonchev–Trinajstić information content (AvgIpc) is 2.88. The van der Waals surface area contributed by atoms with E-state index in [2.05, 4.69) is 24.8 Å². The van der Waals surface area contributed by atoms with Gasteiger partial charge in [-0.25, -0.2) is 9.97 Å². The highest BCUT2D eigenvalue weighted by molar-refractivity contribution is 5.70. The van der Waals surface area contributed by atoms with Gasteiger partial charge in [-0.3, -0.25) is 4.90 Å². The molecule has 1 atom stereocenters. The molecule has 0 N–H and O–H groups in total. The Morgan fingerprint density at radius 2 is 2.20 bits per heavy atom. The van der Waals surface area contributed by atoms with E-state index in [1.165, 1.54) is 0 Å². The predicted molar refractivity (Wildman–Crippen MR) is 74.7 cm³/mol. The summed E-state index contributed by atoms with van der Waals surface area (Å²) in [6.45, 7) is 5.65. The zero-order valence-electron chi connectivity index (χ0n) is 11.6. The third-order valence-electron chi connectivity index (χ3n) is 4.19. The average molecular weight is 274 g/mol. The van der Waals surface area contributed by atoms with Crippen molar-refractivity contribution in [2.75, 3.05) is 44.3 Å². The van der Waals surface area contributed by atoms with Crippen molar-refractivity contribution in [1.29, 1.82) is 0 Å². The number of rotatable bonds is 1. The molecular weight excluding hydrogens is 256 g/mol. The number of ether oxygens (including phenoxy) is 1. The van der Waals surface area contributed by atoms with Crippen molar-refractivity contribution < 1.29 is 4.74 Å². The number of fused-ring (bicyclic) bond motifs is 2. The van der Waals surface area contributed by atoms with Gasteiger partial charge < -0.3 is 14.2 Å². The summed E-state index contributed by atoms with van der Waals surface area (Å²) in [5.41, 5.74) is 1.73. The number of aryl methyl sites for hydroxylation is 1. The number of imidazole rings is 1. The Balaban J connectivity index is 1.59. The monoisotopic (exact) mass is 274 g/mol. The molecule has 2 aliphatic rings. The summed E-state index contributed by atoms with van der Waals surface area (Å²) in [5, 5.41) is 0. The summed E-state index contributed by atoms with van der Waals surface area (Å²) in [5.74, 6) is 0.779. The molecule has 7 nitrogen and oxygen atoms in total. The first-order valence-electron chi connectivity index (χ1n) is 7.02. The Hall–Kier alpha value is -1.73. The van der Waals surface area contributed by atoms with Gasteiger partial charge in [-0.15, -0.1) is 0 Å². The molecule has 2 aliphatic heterocycles. The Kier molecular flexibility index (Phi) is 2.82. The van der Waals surface area contributed by atoms with Gasteiger partial charge in [0.2, 0.25) is 5.95 Å². The third-order valence-corrected chi connectivity index (χ3v) is 4.19. The van der Waals surface area contributed by atoms with E-state index in [1.807, 2.05) is 17.8 Å². The molecule has 0 spiro atoms. The van der Waals surface area contributed by atoms with Crippen LogP contribution < -0.4 is 4.90 Å². The van der Waals surface area contributed by atoms with E-state index in [-0.39, 0.29) is 0 Å². The van der Waals surface area contributed by atoms with Crippen molar-refractivity contribution in [3.8, 4) is 0 Å². The zero-order chi connectivity index (χ0) is 13.5. The second kappa shape index (κ2) is 4.68. The van der Waals surface area contributed by atoms with Crippen molar-refractivity contribution >= 4 is 17.1 Å². The lowest BCUT2D eigenvalue weighted by Crippen LogP contribution is -2.58. The Labute approximate surface area is 117 Å². The van der Waals surface area contributed by atoms with E-state index in [0.29, 0.717) is 6.04 Å². The molecule has 0 amide bonds. The molecule has 20 heavy (non-hydrogen) atoms. The molecule has 0 saturated carbocycles. The number of morpholine rings is 1. The van der Waals surface area contributed by atoms with Crippen LogP contribution in [-0.4, -0.2) is 69.9 Å². The van der Waals surface area contributed by atoms with Gasteiger partial charge in [-0.2, -0.15) is 4.98 Å². The van der Waals surface area contributed by atoms with Crippen LogP contribution in [0.5, 0.6) is 0 Å². The molecule has 7 heteroatoms. The fourth-order valence-electron chi connectivity index (χ4n) is 2.99. The minimum atomic E-state index is 0.459. The molecule has 2 aromatic heterocycles. The summed E-state index contributed by atoms with van der Waals surface area (Å²) < 4.78 is 7.51. The van der Waals surface area contributed by atoms with Crippen molar-refractivity contribution in [1.82, 2.24) is 24.4 Å². The fourth-order valence-corrected chi connectivity index (χ4v) is 2.99. The smallest absolute Gasteiger partial charge is 0.227 e. The van der Waals surface area contributed by atoms with E-state index in [1.54, 1.807) is 6.33 Å². The number of hydrogen-bond donors (Lipinski definition) is 0. The Bertz CT molecular complexity index is 626. The number of nitrogens with zero attached hydrogens (tertiary/aromatic N) is 6. The molecule has 0 bridgehead atoms. The lowest BCUT2D eigenvalue weighted by atomic mass is 10.1. The van der Waals surface area contributed by atoms with Crippen LogP contribution in [0.15, 0.2) is 12.5 Å². The maximum atomic E-state index is 5.57. The second-order valence-corrected chi connectivity index (χ2v) is 5.45. The van der Waals surface area contributed by atoms with Crippen LogP contribution in [0.4, 0.5) is 5.95 Å². The van der Waals surface area contributed by atoms with Crippen molar-refractivity contribution in [2.24, 2.45) is 7.05 Å². The van der Waals surface area contributed by atoms with E-state index in [9.17, 15) is 0 Å².